The zero-order chi connectivity index (χ0) is 8.55. The van der Waals surface area contributed by atoms with Gasteiger partial charge in [-0.05, 0) is 12.1 Å². The first-order valence-corrected chi connectivity index (χ1v) is 3.25. The van der Waals surface area contributed by atoms with Crippen LogP contribution in [0.2, 0.25) is 0 Å². The molecule has 0 aliphatic heterocycles. The molecule has 60 valence electrons. The molecule has 0 saturated heterocycles. The Balaban J connectivity index is 2.79. The summed E-state index contributed by atoms with van der Waals surface area (Å²) in [5.74, 6) is 0. The maximum absolute atomic E-state index is 10.4. The third-order valence-electron chi connectivity index (χ3n) is 1.53. The molecular weight excluding hydrogens is 160 g/mol. The number of hydrogen-bond donors (Lipinski definition) is 0. The minimum atomic E-state index is -0.493. The van der Waals surface area contributed by atoms with Gasteiger partial charge >= 0.3 is 5.69 Å². The summed E-state index contributed by atoms with van der Waals surface area (Å²) >= 11 is 0. The molecule has 2 rings (SSSR count). The zero-order valence-corrected chi connectivity index (χ0v) is 5.93. The minimum Gasteiger partial charge on any atom is -0.439 e. The van der Waals surface area contributed by atoms with Crippen LogP contribution in [-0.4, -0.2) is 9.91 Å². The third-order valence-corrected chi connectivity index (χ3v) is 1.53. The Morgan fingerprint density at radius 2 is 2.42 bits per heavy atom. The molecule has 0 amide bonds. The van der Waals surface area contributed by atoms with Crippen LogP contribution < -0.4 is 0 Å². The number of furan rings is 1. The first-order valence-electron chi connectivity index (χ1n) is 3.25. The first kappa shape index (κ1) is 6.78. The fraction of sp³-hybridized carbons (Fsp3) is 0. The van der Waals surface area contributed by atoms with Crippen molar-refractivity contribution in [2.75, 3.05) is 0 Å². The molecule has 0 unspecified atom stereocenters. The molecule has 0 aliphatic carbocycles. The van der Waals surface area contributed by atoms with Gasteiger partial charge in [-0.3, -0.25) is 10.1 Å². The number of aromatic nitrogens is 1. The monoisotopic (exact) mass is 164 g/mol. The van der Waals surface area contributed by atoms with Gasteiger partial charge in [-0.2, -0.15) is 0 Å². The van der Waals surface area contributed by atoms with E-state index in [2.05, 4.69) is 4.98 Å². The number of rotatable bonds is 1. The van der Waals surface area contributed by atoms with Crippen LogP contribution >= 0.6 is 0 Å². The van der Waals surface area contributed by atoms with E-state index in [0.29, 0.717) is 11.1 Å². The summed E-state index contributed by atoms with van der Waals surface area (Å²) in [6.45, 7) is 0. The highest BCUT2D eigenvalue weighted by molar-refractivity contribution is 5.83. The second-order valence-corrected chi connectivity index (χ2v) is 2.23. The van der Waals surface area contributed by atoms with E-state index in [4.69, 9.17) is 4.42 Å². The lowest BCUT2D eigenvalue weighted by Crippen LogP contribution is -1.84. The SMILES string of the molecule is O=[N+]([O-])c1coc2ncccc12. The molecule has 0 aliphatic rings. The average molecular weight is 164 g/mol. The summed E-state index contributed by atoms with van der Waals surface area (Å²) in [7, 11) is 0. The molecule has 2 heterocycles. The molecule has 0 aromatic carbocycles. The predicted molar refractivity (Wildman–Crippen MR) is 40.7 cm³/mol. The summed E-state index contributed by atoms with van der Waals surface area (Å²) in [6.07, 6.45) is 2.62. The van der Waals surface area contributed by atoms with Crippen molar-refractivity contribution in [1.29, 1.82) is 0 Å². The van der Waals surface area contributed by atoms with Crippen molar-refractivity contribution in [3.63, 3.8) is 0 Å². The fourth-order valence-corrected chi connectivity index (χ4v) is 0.996. The molecule has 0 fully saturated rings. The molecule has 0 radical (unpaired) electrons. The van der Waals surface area contributed by atoms with Crippen molar-refractivity contribution < 1.29 is 9.34 Å². The van der Waals surface area contributed by atoms with Crippen LogP contribution in [0.25, 0.3) is 11.1 Å². The highest BCUT2D eigenvalue weighted by Crippen LogP contribution is 2.24. The van der Waals surface area contributed by atoms with Gasteiger partial charge in [-0.25, -0.2) is 4.98 Å². The smallest absolute Gasteiger partial charge is 0.316 e. The van der Waals surface area contributed by atoms with Crippen molar-refractivity contribution in [2.24, 2.45) is 0 Å². The summed E-state index contributed by atoms with van der Waals surface area (Å²) < 4.78 is 4.86. The van der Waals surface area contributed by atoms with E-state index in [1.807, 2.05) is 0 Å². The number of nitro groups is 1. The fourth-order valence-electron chi connectivity index (χ4n) is 0.996. The normalized spacial score (nSPS) is 10.3. The average Bonchev–Trinajstić information content (AvgIpc) is 2.47. The van der Waals surface area contributed by atoms with Gasteiger partial charge in [-0.15, -0.1) is 0 Å². The minimum absolute atomic E-state index is 0.0434. The highest BCUT2D eigenvalue weighted by Gasteiger charge is 2.15. The highest BCUT2D eigenvalue weighted by atomic mass is 16.6. The second-order valence-electron chi connectivity index (χ2n) is 2.23. The van der Waals surface area contributed by atoms with E-state index in [1.165, 1.54) is 6.20 Å². The van der Waals surface area contributed by atoms with Crippen LogP contribution in [0.4, 0.5) is 5.69 Å². The van der Waals surface area contributed by atoms with Crippen LogP contribution in [0, 0.1) is 10.1 Å². The van der Waals surface area contributed by atoms with Crippen molar-refractivity contribution in [3.05, 3.63) is 34.7 Å². The van der Waals surface area contributed by atoms with Gasteiger partial charge in [-0.1, -0.05) is 0 Å². The number of nitrogens with zero attached hydrogens (tertiary/aromatic N) is 2. The number of fused-ring (bicyclic) bond motifs is 1. The van der Waals surface area contributed by atoms with Gasteiger partial charge in [0.2, 0.25) is 5.71 Å². The summed E-state index contributed by atoms with van der Waals surface area (Å²) in [6, 6.07) is 3.23. The third kappa shape index (κ3) is 0.833. The maximum atomic E-state index is 10.4. The molecule has 12 heavy (non-hydrogen) atoms. The molecule has 5 heteroatoms. The topological polar surface area (TPSA) is 69.2 Å². The van der Waals surface area contributed by atoms with Gasteiger partial charge in [0.15, 0.2) is 6.26 Å². The van der Waals surface area contributed by atoms with Gasteiger partial charge in [0.1, 0.15) is 5.39 Å². The van der Waals surface area contributed by atoms with Crippen molar-refractivity contribution >= 4 is 16.8 Å². The summed E-state index contributed by atoms with van der Waals surface area (Å²) in [5, 5.41) is 10.8. The molecule has 5 nitrogen and oxygen atoms in total. The van der Waals surface area contributed by atoms with Crippen molar-refractivity contribution in [1.82, 2.24) is 4.98 Å². The molecule has 0 saturated carbocycles. The van der Waals surface area contributed by atoms with Crippen LogP contribution in [0.3, 0.4) is 0 Å². The molecule has 0 spiro atoms. The van der Waals surface area contributed by atoms with E-state index in [0.717, 1.165) is 6.26 Å². The molecule has 0 atom stereocenters. The van der Waals surface area contributed by atoms with Crippen LogP contribution in [-0.2, 0) is 0 Å². The van der Waals surface area contributed by atoms with Gasteiger partial charge in [0.25, 0.3) is 0 Å². The Morgan fingerprint density at radius 1 is 1.58 bits per heavy atom. The van der Waals surface area contributed by atoms with E-state index >= 15 is 0 Å². The molecular formula is C7H4N2O3. The molecule has 2 aromatic rings. The first-order chi connectivity index (χ1) is 5.79. The van der Waals surface area contributed by atoms with Crippen LogP contribution in [0.1, 0.15) is 0 Å². The van der Waals surface area contributed by atoms with E-state index in [1.54, 1.807) is 12.1 Å². The Bertz CT molecular complexity index is 435. The second kappa shape index (κ2) is 2.30. The maximum Gasteiger partial charge on any atom is 0.316 e. The van der Waals surface area contributed by atoms with Crippen LogP contribution in [0.5, 0.6) is 0 Å². The van der Waals surface area contributed by atoms with Crippen LogP contribution in [0.15, 0.2) is 29.0 Å². The lowest BCUT2D eigenvalue weighted by Gasteiger charge is -1.84. The lowest BCUT2D eigenvalue weighted by atomic mass is 10.3. The zero-order valence-electron chi connectivity index (χ0n) is 5.93. The predicted octanol–water partition coefficient (Wildman–Crippen LogP) is 1.74. The number of pyridine rings is 1. The van der Waals surface area contributed by atoms with Crippen molar-refractivity contribution in [2.45, 2.75) is 0 Å². The summed E-state index contributed by atoms with van der Waals surface area (Å²) in [4.78, 5) is 13.7. The lowest BCUT2D eigenvalue weighted by molar-refractivity contribution is -0.383. The van der Waals surface area contributed by atoms with Gasteiger partial charge < -0.3 is 4.42 Å². The van der Waals surface area contributed by atoms with Gasteiger partial charge in [0.05, 0.1) is 4.92 Å². The molecule has 0 bridgehead atoms. The van der Waals surface area contributed by atoms with Gasteiger partial charge in [0, 0.05) is 6.20 Å². The standard InChI is InChI=1S/C7H4N2O3/c10-9(11)6-4-12-7-5(6)2-1-3-8-7/h1-4H. The van der Waals surface area contributed by atoms with E-state index in [9.17, 15) is 10.1 Å². The molecule has 2 aromatic heterocycles. The van der Waals surface area contributed by atoms with E-state index < -0.39 is 4.92 Å². The Hall–Kier alpha value is -1.91. The summed E-state index contributed by atoms with van der Waals surface area (Å²) in [5.41, 5.74) is 0.252. The van der Waals surface area contributed by atoms with E-state index in [-0.39, 0.29) is 5.69 Å². The Morgan fingerprint density at radius 3 is 3.17 bits per heavy atom. The van der Waals surface area contributed by atoms with Crippen molar-refractivity contribution in [3.8, 4) is 0 Å². The quantitative estimate of drug-likeness (QED) is 0.475. The Kier molecular flexibility index (Phi) is 1.30. The number of hydrogen-bond acceptors (Lipinski definition) is 4. The largest absolute Gasteiger partial charge is 0.439 e. The Labute approximate surface area is 66.8 Å². The molecule has 0 N–H and O–H groups in total.